The molecule has 1 aromatic carbocycles. The summed E-state index contributed by atoms with van der Waals surface area (Å²) in [4.78, 5) is 9.53. The minimum Gasteiger partial charge on any atom is -0.497 e. The van der Waals surface area contributed by atoms with Gasteiger partial charge in [0.15, 0.2) is 0 Å². The Morgan fingerprint density at radius 1 is 1.50 bits per heavy atom. The molecule has 0 saturated carbocycles. The predicted molar refractivity (Wildman–Crippen MR) is 57.0 cm³/mol. The third kappa shape index (κ3) is 2.19. The molecule has 0 aliphatic heterocycles. The van der Waals surface area contributed by atoms with Crippen LogP contribution in [0.15, 0.2) is 35.1 Å². The van der Waals surface area contributed by atoms with Gasteiger partial charge in [-0.2, -0.15) is 0 Å². The maximum atomic E-state index is 11.5. The molecule has 0 amide bonds. The molecule has 0 N–H and O–H groups in total. The van der Waals surface area contributed by atoms with E-state index in [9.17, 15) is 18.5 Å². The van der Waals surface area contributed by atoms with Crippen LogP contribution in [0.25, 0.3) is 0 Å². The molecule has 0 aliphatic carbocycles. The third-order valence-electron chi connectivity index (χ3n) is 1.89. The van der Waals surface area contributed by atoms with E-state index in [0.717, 1.165) is 12.1 Å². The molecule has 0 aliphatic rings. The highest BCUT2D eigenvalue weighted by molar-refractivity contribution is 7.94. The second-order valence-electron chi connectivity index (χ2n) is 2.80. The average molecular weight is 243 g/mol. The summed E-state index contributed by atoms with van der Waals surface area (Å²) in [6.45, 7) is 3.11. The summed E-state index contributed by atoms with van der Waals surface area (Å²) in [6.07, 6.45) is 0. The molecule has 6 nitrogen and oxygen atoms in total. The van der Waals surface area contributed by atoms with Gasteiger partial charge in [-0.3, -0.25) is 10.1 Å². The Kier molecular flexibility index (Phi) is 3.28. The minimum absolute atomic E-state index is 0.217. The molecule has 0 unspecified atom stereocenters. The Morgan fingerprint density at radius 3 is 2.56 bits per heavy atom. The van der Waals surface area contributed by atoms with Crippen molar-refractivity contribution >= 4 is 15.5 Å². The van der Waals surface area contributed by atoms with Crippen LogP contribution < -0.4 is 4.74 Å². The van der Waals surface area contributed by atoms with Gasteiger partial charge in [0, 0.05) is 5.41 Å². The van der Waals surface area contributed by atoms with Gasteiger partial charge in [0.05, 0.1) is 18.1 Å². The highest BCUT2D eigenvalue weighted by Crippen LogP contribution is 2.29. The van der Waals surface area contributed by atoms with E-state index in [0.29, 0.717) is 5.41 Å². The van der Waals surface area contributed by atoms with Crippen molar-refractivity contribution in [3.05, 3.63) is 40.3 Å². The number of nitro groups is 1. The smallest absolute Gasteiger partial charge is 0.292 e. The van der Waals surface area contributed by atoms with Gasteiger partial charge in [-0.05, 0) is 12.1 Å². The summed E-state index contributed by atoms with van der Waals surface area (Å²) in [6, 6.07) is 3.51. The van der Waals surface area contributed by atoms with E-state index < -0.39 is 25.3 Å². The summed E-state index contributed by atoms with van der Waals surface area (Å²) in [5.41, 5.74) is -0.528. The fraction of sp³-hybridized carbons (Fsp3) is 0.111. The maximum absolute atomic E-state index is 11.5. The van der Waals surface area contributed by atoms with E-state index in [-0.39, 0.29) is 5.75 Å². The minimum atomic E-state index is -3.83. The van der Waals surface area contributed by atoms with Crippen LogP contribution >= 0.6 is 0 Å². The summed E-state index contributed by atoms with van der Waals surface area (Å²) < 4.78 is 27.7. The van der Waals surface area contributed by atoms with Gasteiger partial charge in [-0.25, -0.2) is 8.42 Å². The molecular formula is C9H9NO5S. The third-order valence-corrected chi connectivity index (χ3v) is 3.29. The first-order valence-corrected chi connectivity index (χ1v) is 5.67. The number of nitrogens with zero attached hydrogens (tertiary/aromatic N) is 1. The topological polar surface area (TPSA) is 86.5 Å². The zero-order chi connectivity index (χ0) is 12.3. The maximum Gasteiger partial charge on any atom is 0.292 e. The Labute approximate surface area is 92.2 Å². The first-order chi connectivity index (χ1) is 7.42. The second-order valence-corrected chi connectivity index (χ2v) is 4.67. The zero-order valence-electron chi connectivity index (χ0n) is 8.41. The fourth-order valence-corrected chi connectivity index (χ4v) is 1.96. The number of hydrogen-bond donors (Lipinski definition) is 0. The Morgan fingerprint density at radius 2 is 2.12 bits per heavy atom. The first kappa shape index (κ1) is 12.2. The molecule has 0 spiro atoms. The summed E-state index contributed by atoms with van der Waals surface area (Å²) in [5.74, 6) is 0.217. The molecule has 7 heteroatoms. The number of ether oxygens (including phenoxy) is 1. The molecular weight excluding hydrogens is 234 g/mol. The normalized spacial score (nSPS) is 10.8. The van der Waals surface area contributed by atoms with Gasteiger partial charge in [-0.1, -0.05) is 6.58 Å². The molecule has 1 aromatic rings. The highest BCUT2D eigenvalue weighted by Gasteiger charge is 2.23. The van der Waals surface area contributed by atoms with Crippen molar-refractivity contribution in [3.63, 3.8) is 0 Å². The van der Waals surface area contributed by atoms with Crippen molar-refractivity contribution in [2.75, 3.05) is 7.11 Å². The molecule has 0 heterocycles. The molecule has 0 fully saturated rings. The quantitative estimate of drug-likeness (QED) is 0.591. The van der Waals surface area contributed by atoms with Crippen LogP contribution in [-0.2, 0) is 9.84 Å². The van der Waals surface area contributed by atoms with Gasteiger partial charge < -0.3 is 4.74 Å². The lowest BCUT2D eigenvalue weighted by molar-refractivity contribution is -0.387. The Balaban J connectivity index is 3.52. The summed E-state index contributed by atoms with van der Waals surface area (Å²) in [5, 5.41) is 11.4. The number of rotatable bonds is 4. The summed E-state index contributed by atoms with van der Waals surface area (Å²) in [7, 11) is -2.50. The van der Waals surface area contributed by atoms with E-state index in [4.69, 9.17) is 4.74 Å². The van der Waals surface area contributed by atoms with Crippen LogP contribution in [0.1, 0.15) is 0 Å². The number of methoxy groups -OCH3 is 1. The highest BCUT2D eigenvalue weighted by atomic mass is 32.2. The van der Waals surface area contributed by atoms with E-state index in [1.165, 1.54) is 13.2 Å². The lowest BCUT2D eigenvalue weighted by Gasteiger charge is -2.03. The first-order valence-electron chi connectivity index (χ1n) is 4.12. The van der Waals surface area contributed by atoms with Crippen molar-refractivity contribution in [2.24, 2.45) is 0 Å². The second kappa shape index (κ2) is 4.31. The van der Waals surface area contributed by atoms with Crippen molar-refractivity contribution in [2.45, 2.75) is 4.90 Å². The number of benzene rings is 1. The van der Waals surface area contributed by atoms with Crippen LogP contribution in [0.5, 0.6) is 5.75 Å². The van der Waals surface area contributed by atoms with E-state index in [1.54, 1.807) is 0 Å². The Hall–Kier alpha value is -1.89. The predicted octanol–water partition coefficient (Wildman–Crippen LogP) is 1.52. The monoisotopic (exact) mass is 243 g/mol. The van der Waals surface area contributed by atoms with E-state index in [1.807, 2.05) is 0 Å². The van der Waals surface area contributed by atoms with Gasteiger partial charge in [0.2, 0.25) is 9.84 Å². The molecule has 0 aromatic heterocycles. The average Bonchev–Trinajstić information content (AvgIpc) is 2.28. The fourth-order valence-electron chi connectivity index (χ4n) is 1.10. The van der Waals surface area contributed by atoms with Gasteiger partial charge >= 0.3 is 0 Å². The number of sulfone groups is 1. The van der Waals surface area contributed by atoms with Crippen LogP contribution in [0.2, 0.25) is 0 Å². The van der Waals surface area contributed by atoms with Gasteiger partial charge in [0.1, 0.15) is 10.6 Å². The SMILES string of the molecule is C=CS(=O)(=O)c1ccc(OC)cc1[N+](=O)[O-]. The lowest BCUT2D eigenvalue weighted by atomic mass is 10.3. The molecule has 0 atom stereocenters. The summed E-state index contributed by atoms with van der Waals surface area (Å²) >= 11 is 0. The number of nitro benzene ring substituents is 1. The van der Waals surface area contributed by atoms with Crippen molar-refractivity contribution in [3.8, 4) is 5.75 Å². The van der Waals surface area contributed by atoms with Gasteiger partial charge in [-0.15, -0.1) is 0 Å². The van der Waals surface area contributed by atoms with E-state index >= 15 is 0 Å². The largest absolute Gasteiger partial charge is 0.497 e. The Bertz CT molecular complexity index is 535. The number of hydrogen-bond acceptors (Lipinski definition) is 5. The molecule has 0 bridgehead atoms. The molecule has 0 radical (unpaired) electrons. The zero-order valence-corrected chi connectivity index (χ0v) is 9.23. The lowest BCUT2D eigenvalue weighted by Crippen LogP contribution is -2.02. The molecule has 1 rings (SSSR count). The molecule has 86 valence electrons. The van der Waals surface area contributed by atoms with Crippen LogP contribution in [0, 0.1) is 10.1 Å². The van der Waals surface area contributed by atoms with Crippen molar-refractivity contribution in [1.29, 1.82) is 0 Å². The standard InChI is InChI=1S/C9H9NO5S/c1-3-16(13,14)9-5-4-7(15-2)6-8(9)10(11)12/h3-6H,1H2,2H3. The van der Waals surface area contributed by atoms with Gasteiger partial charge in [0.25, 0.3) is 5.69 Å². The van der Waals surface area contributed by atoms with Crippen LogP contribution in [0.3, 0.4) is 0 Å². The van der Waals surface area contributed by atoms with Crippen molar-refractivity contribution in [1.82, 2.24) is 0 Å². The van der Waals surface area contributed by atoms with Crippen LogP contribution in [-0.4, -0.2) is 20.5 Å². The van der Waals surface area contributed by atoms with Crippen LogP contribution in [0.4, 0.5) is 5.69 Å². The molecule has 16 heavy (non-hydrogen) atoms. The molecule has 0 saturated heterocycles. The van der Waals surface area contributed by atoms with Crippen molar-refractivity contribution < 1.29 is 18.1 Å². The van der Waals surface area contributed by atoms with E-state index in [2.05, 4.69) is 6.58 Å².